The van der Waals surface area contributed by atoms with Gasteiger partial charge in [0.15, 0.2) is 5.82 Å². The van der Waals surface area contributed by atoms with Crippen LogP contribution in [0.15, 0.2) is 36.7 Å². The predicted molar refractivity (Wildman–Crippen MR) is 149 cm³/mol. The average molecular weight is 591 g/mol. The Morgan fingerprint density at radius 2 is 1.10 bits per heavy atom. The molecule has 2 rings (SSSR count). The molecule has 0 atom stereocenters. The maximum absolute atomic E-state index is 14.3. The van der Waals surface area contributed by atoms with Gasteiger partial charge in [-0.2, -0.15) is 26.3 Å². The van der Waals surface area contributed by atoms with E-state index in [0.717, 1.165) is 75.5 Å². The number of benzene rings is 1. The summed E-state index contributed by atoms with van der Waals surface area (Å²) in [4.78, 5) is 8.56. The molecular weight excluding hydrogens is 546 g/mol. The molecule has 41 heavy (non-hydrogen) atoms. The Hall–Kier alpha value is -2.36. The molecule has 1 aromatic carbocycles. The lowest BCUT2D eigenvalue weighted by Crippen LogP contribution is -2.58. The van der Waals surface area contributed by atoms with Gasteiger partial charge in [0.25, 0.3) is 0 Å². The molecule has 0 aliphatic heterocycles. The van der Waals surface area contributed by atoms with Crippen molar-refractivity contribution in [1.82, 2.24) is 9.97 Å². The van der Waals surface area contributed by atoms with E-state index in [1.807, 2.05) is 0 Å². The molecule has 4 nitrogen and oxygen atoms in total. The summed E-state index contributed by atoms with van der Waals surface area (Å²) in [7, 11) is 0. The average Bonchev–Trinajstić information content (AvgIpc) is 2.94. The fourth-order valence-corrected chi connectivity index (χ4v) is 4.32. The lowest BCUT2D eigenvalue weighted by molar-refractivity contribution is -0.434. The predicted octanol–water partition coefficient (Wildman–Crippen LogP) is 10.4. The van der Waals surface area contributed by atoms with Crippen molar-refractivity contribution in [2.75, 3.05) is 6.61 Å². The number of aryl methyl sites for hydroxylation is 1. The maximum Gasteiger partial charge on any atom is 0.473 e. The van der Waals surface area contributed by atoms with E-state index in [9.17, 15) is 26.3 Å². The Bertz CT molecular complexity index is 972. The minimum Gasteiger partial charge on any atom is -0.428 e. The van der Waals surface area contributed by atoms with E-state index in [2.05, 4.69) is 33.3 Å². The van der Waals surface area contributed by atoms with Gasteiger partial charge in [0, 0.05) is 18.0 Å². The molecule has 0 spiro atoms. The van der Waals surface area contributed by atoms with E-state index in [0.29, 0.717) is 17.8 Å². The minimum atomic E-state index is -5.90. The number of nitrogens with zero attached hydrogens (tertiary/aromatic N) is 2. The van der Waals surface area contributed by atoms with Crippen LogP contribution in [0.25, 0.3) is 11.4 Å². The number of aromatic nitrogens is 2. The van der Waals surface area contributed by atoms with Crippen molar-refractivity contribution in [2.24, 2.45) is 0 Å². The highest BCUT2D eigenvalue weighted by molar-refractivity contribution is 5.55. The van der Waals surface area contributed by atoms with Crippen LogP contribution in [0.3, 0.4) is 0 Å². The van der Waals surface area contributed by atoms with Gasteiger partial charge in [-0.1, -0.05) is 90.9 Å². The van der Waals surface area contributed by atoms with Crippen molar-refractivity contribution in [3.63, 3.8) is 0 Å². The van der Waals surface area contributed by atoms with Crippen molar-refractivity contribution in [1.29, 1.82) is 0 Å². The van der Waals surface area contributed by atoms with Crippen LogP contribution in [-0.2, 0) is 11.2 Å². The molecule has 0 fully saturated rings. The number of ether oxygens (including phenoxy) is 2. The maximum atomic E-state index is 14.3. The highest BCUT2D eigenvalue weighted by Gasteiger charge is 2.75. The summed E-state index contributed by atoms with van der Waals surface area (Å²) < 4.78 is 93.0. The molecule has 0 unspecified atom stereocenters. The summed E-state index contributed by atoms with van der Waals surface area (Å²) in [5, 5.41) is 0. The van der Waals surface area contributed by atoms with Gasteiger partial charge in [0.2, 0.25) is 0 Å². The molecule has 10 heteroatoms. The molecule has 0 bridgehead atoms. The Kier molecular flexibility index (Phi) is 14.9. The number of rotatable bonds is 22. The highest BCUT2D eigenvalue weighted by atomic mass is 19.4. The summed E-state index contributed by atoms with van der Waals surface area (Å²) >= 11 is 0. The Labute approximate surface area is 240 Å². The van der Waals surface area contributed by atoms with Crippen LogP contribution in [0.2, 0.25) is 0 Å². The van der Waals surface area contributed by atoms with Gasteiger partial charge >= 0.3 is 18.1 Å². The smallest absolute Gasteiger partial charge is 0.428 e. The lowest BCUT2D eigenvalue weighted by Gasteiger charge is -2.31. The van der Waals surface area contributed by atoms with Crippen LogP contribution >= 0.6 is 0 Å². The van der Waals surface area contributed by atoms with E-state index < -0.39 is 30.5 Å². The highest BCUT2D eigenvalue weighted by Crippen LogP contribution is 2.47. The standard InChI is InChI=1S/C31H44F6N2O2/c1-3-5-7-9-11-12-14-16-22-40-30(34,35)29(32,33)31(36,37)41-27-20-18-26(19-21-27)28-38-23-25(24-39-28)17-15-13-10-8-6-4-2/h18-21,23-24H,3-17,22H2,1-2H3. The van der Waals surface area contributed by atoms with E-state index in [1.54, 1.807) is 12.4 Å². The molecule has 2 aromatic rings. The second-order valence-corrected chi connectivity index (χ2v) is 10.5. The van der Waals surface area contributed by atoms with E-state index in [1.165, 1.54) is 37.8 Å². The fraction of sp³-hybridized carbons (Fsp3) is 0.677. The summed E-state index contributed by atoms with van der Waals surface area (Å²) in [6.45, 7) is 3.49. The van der Waals surface area contributed by atoms with Gasteiger partial charge in [0.05, 0.1) is 6.61 Å². The first-order valence-electron chi connectivity index (χ1n) is 14.9. The van der Waals surface area contributed by atoms with Crippen molar-refractivity contribution in [3.05, 3.63) is 42.2 Å². The topological polar surface area (TPSA) is 44.2 Å². The third kappa shape index (κ3) is 11.4. The van der Waals surface area contributed by atoms with Gasteiger partial charge in [0.1, 0.15) is 5.75 Å². The van der Waals surface area contributed by atoms with Gasteiger partial charge in [-0.3, -0.25) is 0 Å². The molecule has 0 radical (unpaired) electrons. The molecule has 0 N–H and O–H groups in total. The second kappa shape index (κ2) is 17.6. The number of halogens is 6. The van der Waals surface area contributed by atoms with Crippen molar-refractivity contribution < 1.29 is 35.8 Å². The van der Waals surface area contributed by atoms with Crippen molar-refractivity contribution >= 4 is 0 Å². The third-order valence-electron chi connectivity index (χ3n) is 6.90. The normalized spacial score (nSPS) is 12.6. The second-order valence-electron chi connectivity index (χ2n) is 10.5. The van der Waals surface area contributed by atoms with Gasteiger partial charge in [-0.05, 0) is 49.1 Å². The summed E-state index contributed by atoms with van der Waals surface area (Å²) in [6, 6.07) is 4.55. The van der Waals surface area contributed by atoms with Crippen LogP contribution in [0.5, 0.6) is 5.75 Å². The molecule has 0 saturated carbocycles. The fourth-order valence-electron chi connectivity index (χ4n) is 4.32. The van der Waals surface area contributed by atoms with Gasteiger partial charge in [-0.25, -0.2) is 9.97 Å². The Balaban J connectivity index is 1.85. The first-order valence-corrected chi connectivity index (χ1v) is 14.9. The number of alkyl halides is 6. The van der Waals surface area contributed by atoms with Crippen molar-refractivity contribution in [2.45, 2.75) is 128 Å². The Morgan fingerprint density at radius 3 is 1.63 bits per heavy atom. The number of hydrogen-bond donors (Lipinski definition) is 0. The lowest BCUT2D eigenvalue weighted by atomic mass is 10.1. The number of unbranched alkanes of at least 4 members (excludes halogenated alkanes) is 12. The molecule has 1 aromatic heterocycles. The molecule has 232 valence electrons. The monoisotopic (exact) mass is 590 g/mol. The summed E-state index contributed by atoms with van der Waals surface area (Å²) in [5.74, 6) is -6.30. The molecule has 0 aliphatic carbocycles. The van der Waals surface area contributed by atoms with Crippen molar-refractivity contribution in [3.8, 4) is 17.1 Å². The van der Waals surface area contributed by atoms with Crippen LogP contribution in [0.1, 0.15) is 109 Å². The number of hydrogen-bond acceptors (Lipinski definition) is 4. The van der Waals surface area contributed by atoms with E-state index in [4.69, 9.17) is 0 Å². The van der Waals surface area contributed by atoms with Crippen LogP contribution < -0.4 is 4.74 Å². The molecular formula is C31H44F6N2O2. The quantitative estimate of drug-likeness (QED) is 0.101. The molecule has 1 heterocycles. The van der Waals surface area contributed by atoms with Crippen LogP contribution in [0, 0.1) is 0 Å². The zero-order valence-corrected chi connectivity index (χ0v) is 24.3. The van der Waals surface area contributed by atoms with Gasteiger partial charge < -0.3 is 9.47 Å². The zero-order valence-electron chi connectivity index (χ0n) is 24.3. The summed E-state index contributed by atoms with van der Waals surface area (Å²) in [6.07, 6.45) is 6.76. The third-order valence-corrected chi connectivity index (χ3v) is 6.90. The largest absolute Gasteiger partial charge is 0.473 e. The SMILES string of the molecule is CCCCCCCCCCOC(F)(F)C(F)(F)C(F)(F)Oc1ccc(-c2ncc(CCCCCCCC)cn2)cc1. The van der Waals surface area contributed by atoms with Gasteiger partial charge in [-0.15, -0.1) is 0 Å². The van der Waals surface area contributed by atoms with E-state index >= 15 is 0 Å². The van der Waals surface area contributed by atoms with Crippen LogP contribution in [-0.4, -0.2) is 34.7 Å². The Morgan fingerprint density at radius 1 is 0.610 bits per heavy atom. The van der Waals surface area contributed by atoms with E-state index in [-0.39, 0.29) is 6.42 Å². The first kappa shape index (κ1) is 34.8. The zero-order chi connectivity index (χ0) is 30.2. The first-order chi connectivity index (χ1) is 19.5. The summed E-state index contributed by atoms with van der Waals surface area (Å²) in [5.41, 5.74) is 1.40. The molecule has 0 saturated heterocycles. The minimum absolute atomic E-state index is 0.0649. The molecule has 0 amide bonds. The van der Waals surface area contributed by atoms with Crippen LogP contribution in [0.4, 0.5) is 26.3 Å². The molecule has 0 aliphatic rings.